The van der Waals surface area contributed by atoms with Gasteiger partial charge in [-0.2, -0.15) is 13.8 Å². The number of aliphatic hydroxyl groups is 2. The molecule has 1 aromatic carbocycles. The zero-order chi connectivity index (χ0) is 30.0. The number of carbonyl (C=O) groups excluding carboxylic acids is 1. The van der Waals surface area contributed by atoms with Gasteiger partial charge in [0, 0.05) is 6.20 Å². The summed E-state index contributed by atoms with van der Waals surface area (Å²) in [7, 11) is 0. The lowest BCUT2D eigenvalue weighted by atomic mass is 9.94. The molecule has 10 nitrogen and oxygen atoms in total. The Balaban J connectivity index is 1.63. The molecule has 2 aromatic rings. The first-order chi connectivity index (χ1) is 19.6. The van der Waals surface area contributed by atoms with Crippen molar-refractivity contribution in [3.63, 3.8) is 0 Å². The maximum atomic E-state index is 14.4. The number of amides is 1. The predicted molar refractivity (Wildman–Crippen MR) is 147 cm³/mol. The Morgan fingerprint density at radius 3 is 2.32 bits per heavy atom. The summed E-state index contributed by atoms with van der Waals surface area (Å²) in [5, 5.41) is 31.0. The maximum absolute atomic E-state index is 14.4. The number of benzene rings is 1. The lowest BCUT2D eigenvalue weighted by Crippen LogP contribution is -2.41. The van der Waals surface area contributed by atoms with E-state index in [1.807, 2.05) is 0 Å². The van der Waals surface area contributed by atoms with Crippen LogP contribution in [-0.2, 0) is 22.4 Å². The molecule has 0 saturated carbocycles. The number of ether oxygens (including phenoxy) is 1. The quantitative estimate of drug-likeness (QED) is 0.217. The molecule has 0 aliphatic carbocycles. The molecule has 1 aromatic heterocycles. The van der Waals surface area contributed by atoms with Crippen molar-refractivity contribution in [1.82, 2.24) is 9.55 Å². The van der Waals surface area contributed by atoms with Crippen LogP contribution in [0.25, 0.3) is 0 Å². The average molecular weight is 580 g/mol. The summed E-state index contributed by atoms with van der Waals surface area (Å²) in [5.41, 5.74) is -0.0396. The number of rotatable bonds is 16. The SMILES string of the molecule is CCCCCCCCCCCc1cccc(C(=O)O)c1CC(=O)Nc1ccn([C@@H]2O[C@H](CO)[C@@H](O)C2(F)F)c(=O)n1. The molecular formula is C29H39F2N3O7. The van der Waals surface area contributed by atoms with Crippen molar-refractivity contribution in [2.45, 2.75) is 102 Å². The van der Waals surface area contributed by atoms with Crippen molar-refractivity contribution >= 4 is 17.7 Å². The van der Waals surface area contributed by atoms with E-state index in [1.165, 1.54) is 38.2 Å². The largest absolute Gasteiger partial charge is 0.478 e. The van der Waals surface area contributed by atoms with Gasteiger partial charge in [0.05, 0.1) is 18.6 Å². The van der Waals surface area contributed by atoms with Crippen LogP contribution in [0.5, 0.6) is 0 Å². The summed E-state index contributed by atoms with van der Waals surface area (Å²) < 4.78 is 34.3. The van der Waals surface area contributed by atoms with Gasteiger partial charge < -0.3 is 25.4 Å². The van der Waals surface area contributed by atoms with Gasteiger partial charge in [0.15, 0.2) is 6.10 Å². The maximum Gasteiger partial charge on any atom is 0.351 e. The first kappa shape index (κ1) is 32.3. The number of nitrogens with zero attached hydrogens (tertiary/aromatic N) is 2. The number of hydrogen-bond donors (Lipinski definition) is 4. The molecule has 1 saturated heterocycles. The minimum atomic E-state index is -3.87. The van der Waals surface area contributed by atoms with Crippen molar-refractivity contribution in [2.75, 3.05) is 11.9 Å². The summed E-state index contributed by atoms with van der Waals surface area (Å²) in [4.78, 5) is 40.8. The van der Waals surface area contributed by atoms with Crippen molar-refractivity contribution in [2.24, 2.45) is 0 Å². The monoisotopic (exact) mass is 579 g/mol. The number of anilines is 1. The molecule has 4 N–H and O–H groups in total. The molecule has 1 aliphatic rings. The topological polar surface area (TPSA) is 151 Å². The number of hydrogen-bond acceptors (Lipinski definition) is 7. The molecule has 2 heterocycles. The fourth-order valence-corrected chi connectivity index (χ4v) is 5.03. The Morgan fingerprint density at radius 2 is 1.73 bits per heavy atom. The predicted octanol–water partition coefficient (Wildman–Crippen LogP) is 4.08. The average Bonchev–Trinajstić information content (AvgIpc) is 3.16. The Labute approximate surface area is 237 Å². The number of carboxylic acids is 1. The van der Waals surface area contributed by atoms with Crippen LogP contribution in [0.1, 0.15) is 92.4 Å². The number of aryl methyl sites for hydroxylation is 1. The molecule has 12 heteroatoms. The van der Waals surface area contributed by atoms with Crippen LogP contribution in [0.15, 0.2) is 35.3 Å². The van der Waals surface area contributed by atoms with Gasteiger partial charge in [0.2, 0.25) is 12.1 Å². The third-order valence-corrected chi connectivity index (χ3v) is 7.30. The van der Waals surface area contributed by atoms with Gasteiger partial charge in [-0.25, -0.2) is 9.59 Å². The van der Waals surface area contributed by atoms with Gasteiger partial charge in [-0.15, -0.1) is 0 Å². The standard InChI is InChI=1S/C29H39F2N3O7/c1-2-3-4-5-6-7-8-9-10-12-19-13-11-14-20(26(38)39)21(19)17-24(36)32-23-15-16-34(28(40)33-23)27-29(30,31)25(37)22(18-35)41-27/h11,13-16,22,25,27,35,37H,2-10,12,17-18H2,1H3,(H,38,39)(H,32,33,36,40)/t22-,25-,27-/m1/s1. The van der Waals surface area contributed by atoms with Crippen LogP contribution in [0, 0.1) is 0 Å². The Morgan fingerprint density at radius 1 is 1.07 bits per heavy atom. The minimum Gasteiger partial charge on any atom is -0.478 e. The van der Waals surface area contributed by atoms with E-state index < -0.39 is 48.5 Å². The van der Waals surface area contributed by atoms with Gasteiger partial charge in [-0.3, -0.25) is 9.36 Å². The van der Waals surface area contributed by atoms with Crippen LogP contribution in [0.4, 0.5) is 14.6 Å². The highest BCUT2D eigenvalue weighted by Gasteiger charge is 2.59. The van der Waals surface area contributed by atoms with E-state index in [2.05, 4.69) is 17.2 Å². The van der Waals surface area contributed by atoms with Crippen molar-refractivity contribution in [3.05, 3.63) is 57.6 Å². The smallest absolute Gasteiger partial charge is 0.351 e. The second-order valence-corrected chi connectivity index (χ2v) is 10.4. The zero-order valence-corrected chi connectivity index (χ0v) is 23.2. The highest BCUT2D eigenvalue weighted by atomic mass is 19.3. The summed E-state index contributed by atoms with van der Waals surface area (Å²) in [5.74, 6) is -5.88. The summed E-state index contributed by atoms with van der Waals surface area (Å²) in [6.07, 6.45) is 5.48. The Hall–Kier alpha value is -3.22. The van der Waals surface area contributed by atoms with Gasteiger partial charge in [0.1, 0.15) is 11.9 Å². The first-order valence-electron chi connectivity index (χ1n) is 14.1. The summed E-state index contributed by atoms with van der Waals surface area (Å²) >= 11 is 0. The van der Waals surface area contributed by atoms with Crippen molar-refractivity contribution in [3.8, 4) is 0 Å². The Bertz CT molecular complexity index is 1240. The van der Waals surface area contributed by atoms with E-state index in [4.69, 9.17) is 9.84 Å². The Kier molecular flexibility index (Phi) is 11.9. The van der Waals surface area contributed by atoms with Crippen LogP contribution in [0.3, 0.4) is 0 Å². The molecule has 1 aliphatic heterocycles. The van der Waals surface area contributed by atoms with Crippen molar-refractivity contribution in [1.29, 1.82) is 0 Å². The van der Waals surface area contributed by atoms with E-state index >= 15 is 0 Å². The molecule has 0 unspecified atom stereocenters. The third-order valence-electron chi connectivity index (χ3n) is 7.30. The molecule has 226 valence electrons. The third kappa shape index (κ3) is 8.40. The number of alkyl halides is 2. The van der Waals surface area contributed by atoms with E-state index in [-0.39, 0.29) is 17.8 Å². The fourth-order valence-electron chi connectivity index (χ4n) is 5.03. The molecule has 1 fully saturated rings. The molecular weight excluding hydrogens is 540 g/mol. The number of carboxylic acid groups (broad SMARTS) is 1. The minimum absolute atomic E-state index is 0.00885. The number of halogens is 2. The fraction of sp³-hybridized carbons (Fsp3) is 0.586. The number of aliphatic hydroxyl groups excluding tert-OH is 2. The van der Waals surface area contributed by atoms with Crippen LogP contribution < -0.4 is 11.0 Å². The number of carbonyl (C=O) groups is 2. The first-order valence-corrected chi connectivity index (χ1v) is 14.1. The second kappa shape index (κ2) is 15.1. The van der Waals surface area contributed by atoms with E-state index in [0.29, 0.717) is 16.6 Å². The van der Waals surface area contributed by atoms with Gasteiger partial charge in [0.25, 0.3) is 0 Å². The lowest BCUT2D eigenvalue weighted by molar-refractivity contribution is -0.141. The number of aromatic carboxylic acids is 1. The van der Waals surface area contributed by atoms with Gasteiger partial charge in [-0.1, -0.05) is 70.4 Å². The lowest BCUT2D eigenvalue weighted by Gasteiger charge is -2.21. The number of nitrogens with one attached hydrogen (secondary N) is 1. The molecule has 1 amide bonds. The molecule has 3 atom stereocenters. The van der Waals surface area contributed by atoms with E-state index in [0.717, 1.165) is 43.5 Å². The van der Waals surface area contributed by atoms with Gasteiger partial charge in [-0.05, 0) is 36.1 Å². The van der Waals surface area contributed by atoms with Crippen molar-refractivity contribution < 1.29 is 38.4 Å². The van der Waals surface area contributed by atoms with Gasteiger partial charge >= 0.3 is 17.6 Å². The zero-order valence-electron chi connectivity index (χ0n) is 23.2. The molecule has 41 heavy (non-hydrogen) atoms. The highest BCUT2D eigenvalue weighted by molar-refractivity contribution is 5.96. The van der Waals surface area contributed by atoms with E-state index in [1.54, 1.807) is 12.1 Å². The number of aromatic nitrogens is 2. The second-order valence-electron chi connectivity index (χ2n) is 10.4. The number of unbranched alkanes of at least 4 members (excludes halogenated alkanes) is 8. The van der Waals surface area contributed by atoms with E-state index in [9.17, 15) is 33.4 Å². The van der Waals surface area contributed by atoms with Crippen LogP contribution in [0.2, 0.25) is 0 Å². The molecule has 0 radical (unpaired) electrons. The highest BCUT2D eigenvalue weighted by Crippen LogP contribution is 2.42. The molecule has 0 bridgehead atoms. The molecule has 0 spiro atoms. The summed E-state index contributed by atoms with van der Waals surface area (Å²) in [6, 6.07) is 5.99. The molecule has 3 rings (SSSR count). The van der Waals surface area contributed by atoms with Crippen LogP contribution in [-0.4, -0.2) is 61.5 Å². The summed E-state index contributed by atoms with van der Waals surface area (Å²) in [6.45, 7) is 1.32. The van der Waals surface area contributed by atoms with Crippen LogP contribution >= 0.6 is 0 Å². The normalized spacial score (nSPS) is 19.8.